The van der Waals surface area contributed by atoms with Crippen molar-refractivity contribution in [3.63, 3.8) is 0 Å². The van der Waals surface area contributed by atoms with Crippen LogP contribution in [0.25, 0.3) is 10.9 Å². The van der Waals surface area contributed by atoms with Crippen LogP contribution in [0.15, 0.2) is 36.8 Å². The van der Waals surface area contributed by atoms with Crippen LogP contribution in [0, 0.1) is 0 Å². The van der Waals surface area contributed by atoms with Crippen molar-refractivity contribution in [2.75, 3.05) is 6.61 Å². The summed E-state index contributed by atoms with van der Waals surface area (Å²) in [6.07, 6.45) is 0.868. The van der Waals surface area contributed by atoms with Gasteiger partial charge in [-0.25, -0.2) is 18.7 Å². The van der Waals surface area contributed by atoms with Crippen molar-refractivity contribution < 1.29 is 22.3 Å². The second kappa shape index (κ2) is 6.83. The second-order valence-corrected chi connectivity index (χ2v) is 5.57. The van der Waals surface area contributed by atoms with E-state index in [1.54, 1.807) is 29.2 Å². The Morgan fingerprint density at radius 3 is 2.64 bits per heavy atom. The molecule has 3 aromatic rings. The van der Waals surface area contributed by atoms with E-state index < -0.39 is 19.0 Å². The molecule has 0 aliphatic carbocycles. The fraction of sp³-hybridized carbons (Fsp3) is 0.267. The molecule has 0 N–H and O–H groups in total. The van der Waals surface area contributed by atoms with Crippen LogP contribution in [-0.4, -0.2) is 38.7 Å². The smallest absolute Gasteiger partial charge is 0.340 e. The molecule has 0 aliphatic rings. The van der Waals surface area contributed by atoms with E-state index in [1.165, 1.54) is 12.3 Å². The average Bonchev–Trinajstić information content (AvgIpc) is 2.98. The Morgan fingerprint density at radius 2 is 2.00 bits per heavy atom. The Hall–Kier alpha value is -2.42. The lowest BCUT2D eigenvalue weighted by molar-refractivity contribution is -0.148. The maximum atomic E-state index is 12.8. The number of rotatable bonds is 6. The molecule has 0 unspecified atom stereocenters. The van der Waals surface area contributed by atoms with Crippen molar-refractivity contribution in [1.82, 2.24) is 19.7 Å². The highest BCUT2D eigenvalue weighted by Crippen LogP contribution is 2.24. The number of ether oxygens (including phenoxy) is 1. The molecule has 0 saturated heterocycles. The SMILES string of the molecule is FC(F)C(F)(F)COc1ccc(Cn2cc3c(Cl)nccc3n2)cn1. The molecule has 0 amide bonds. The number of hydrogen-bond donors (Lipinski definition) is 0. The molecule has 0 saturated carbocycles. The fourth-order valence-electron chi connectivity index (χ4n) is 2.05. The molecule has 3 aromatic heterocycles. The third kappa shape index (κ3) is 3.98. The molecule has 0 atom stereocenters. The highest BCUT2D eigenvalue weighted by Gasteiger charge is 2.41. The number of aromatic nitrogens is 4. The molecule has 132 valence electrons. The van der Waals surface area contributed by atoms with Gasteiger partial charge in [0.25, 0.3) is 0 Å². The first-order chi connectivity index (χ1) is 11.8. The molecule has 0 aliphatic heterocycles. The molecule has 5 nitrogen and oxygen atoms in total. The van der Waals surface area contributed by atoms with Gasteiger partial charge in [-0.1, -0.05) is 17.7 Å². The Labute approximate surface area is 144 Å². The monoisotopic (exact) mass is 374 g/mol. The molecule has 0 fully saturated rings. The Bertz CT molecular complexity index is 870. The van der Waals surface area contributed by atoms with Crippen molar-refractivity contribution in [1.29, 1.82) is 0 Å². The summed E-state index contributed by atoms with van der Waals surface area (Å²) in [7, 11) is 0. The van der Waals surface area contributed by atoms with Gasteiger partial charge in [0, 0.05) is 24.7 Å². The van der Waals surface area contributed by atoms with E-state index in [2.05, 4.69) is 19.8 Å². The summed E-state index contributed by atoms with van der Waals surface area (Å²) >= 11 is 5.98. The standard InChI is InChI=1S/C15H11ClF4N4O/c16-13-10-7-24(23-11(10)3-4-21-13)6-9-1-2-12(22-5-9)25-8-15(19,20)14(17)18/h1-5,7,14H,6,8H2. The first kappa shape index (κ1) is 17.4. The topological polar surface area (TPSA) is 52.8 Å². The first-order valence-corrected chi connectivity index (χ1v) is 7.44. The maximum Gasteiger partial charge on any atom is 0.340 e. The van der Waals surface area contributed by atoms with E-state index in [0.717, 1.165) is 0 Å². The minimum Gasteiger partial charge on any atom is -0.471 e. The molecule has 3 rings (SSSR count). The minimum absolute atomic E-state index is 0.165. The zero-order chi connectivity index (χ0) is 18.0. The maximum absolute atomic E-state index is 12.8. The van der Waals surface area contributed by atoms with Gasteiger partial charge in [0.15, 0.2) is 6.61 Å². The normalized spacial score (nSPS) is 12.1. The summed E-state index contributed by atoms with van der Waals surface area (Å²) in [6, 6.07) is 4.62. The van der Waals surface area contributed by atoms with Crippen LogP contribution in [0.4, 0.5) is 17.6 Å². The summed E-state index contributed by atoms with van der Waals surface area (Å²) in [5.74, 6) is -4.38. The van der Waals surface area contributed by atoms with Gasteiger partial charge < -0.3 is 4.74 Å². The number of hydrogen-bond acceptors (Lipinski definition) is 4. The number of alkyl halides is 4. The van der Waals surface area contributed by atoms with Crippen LogP contribution in [0.3, 0.4) is 0 Å². The van der Waals surface area contributed by atoms with Gasteiger partial charge in [0.05, 0.1) is 17.4 Å². The van der Waals surface area contributed by atoms with Crippen LogP contribution in [0.2, 0.25) is 5.15 Å². The summed E-state index contributed by atoms with van der Waals surface area (Å²) in [6.45, 7) is -1.08. The fourth-order valence-corrected chi connectivity index (χ4v) is 2.25. The Balaban J connectivity index is 1.67. The molecule has 0 radical (unpaired) electrons. The lowest BCUT2D eigenvalue weighted by Gasteiger charge is -2.15. The van der Waals surface area contributed by atoms with E-state index in [4.69, 9.17) is 11.6 Å². The van der Waals surface area contributed by atoms with Crippen molar-refractivity contribution in [3.05, 3.63) is 47.5 Å². The number of pyridine rings is 2. The molecule has 25 heavy (non-hydrogen) atoms. The summed E-state index contributed by atoms with van der Waals surface area (Å²) in [5.41, 5.74) is 1.40. The summed E-state index contributed by atoms with van der Waals surface area (Å²) < 4.78 is 56.0. The van der Waals surface area contributed by atoms with Gasteiger partial charge in [-0.15, -0.1) is 0 Å². The van der Waals surface area contributed by atoms with Gasteiger partial charge >= 0.3 is 12.3 Å². The van der Waals surface area contributed by atoms with Gasteiger partial charge in [-0.2, -0.15) is 13.9 Å². The van der Waals surface area contributed by atoms with Gasteiger partial charge in [-0.05, 0) is 11.6 Å². The highest BCUT2D eigenvalue weighted by molar-refractivity contribution is 6.34. The van der Waals surface area contributed by atoms with E-state index in [0.29, 0.717) is 28.2 Å². The molecule has 0 bridgehead atoms. The van der Waals surface area contributed by atoms with Gasteiger partial charge in [0.2, 0.25) is 5.88 Å². The second-order valence-electron chi connectivity index (χ2n) is 5.22. The van der Waals surface area contributed by atoms with Gasteiger partial charge in [0.1, 0.15) is 5.15 Å². The van der Waals surface area contributed by atoms with E-state index in [9.17, 15) is 17.6 Å². The van der Waals surface area contributed by atoms with Crippen LogP contribution in [0.5, 0.6) is 5.88 Å². The molecular weight excluding hydrogens is 364 g/mol. The third-order valence-electron chi connectivity index (χ3n) is 3.31. The molecule has 10 heteroatoms. The van der Waals surface area contributed by atoms with E-state index in [-0.39, 0.29) is 5.88 Å². The van der Waals surface area contributed by atoms with Crippen LogP contribution in [0.1, 0.15) is 5.56 Å². The lowest BCUT2D eigenvalue weighted by atomic mass is 10.3. The largest absolute Gasteiger partial charge is 0.471 e. The average molecular weight is 375 g/mol. The van der Waals surface area contributed by atoms with Crippen molar-refractivity contribution >= 4 is 22.5 Å². The number of fused-ring (bicyclic) bond motifs is 1. The van der Waals surface area contributed by atoms with E-state index in [1.807, 2.05) is 0 Å². The number of nitrogens with zero attached hydrogens (tertiary/aromatic N) is 4. The van der Waals surface area contributed by atoms with Crippen LogP contribution < -0.4 is 4.74 Å². The number of halogens is 5. The zero-order valence-electron chi connectivity index (χ0n) is 12.5. The lowest BCUT2D eigenvalue weighted by Crippen LogP contribution is -2.33. The summed E-state index contributed by atoms with van der Waals surface area (Å²) in [5, 5.41) is 5.37. The van der Waals surface area contributed by atoms with Crippen molar-refractivity contribution in [2.24, 2.45) is 0 Å². The first-order valence-electron chi connectivity index (χ1n) is 7.06. The molecule has 0 aromatic carbocycles. The van der Waals surface area contributed by atoms with Gasteiger partial charge in [-0.3, -0.25) is 4.68 Å². The Morgan fingerprint density at radius 1 is 1.20 bits per heavy atom. The zero-order valence-corrected chi connectivity index (χ0v) is 13.3. The highest BCUT2D eigenvalue weighted by atomic mass is 35.5. The summed E-state index contributed by atoms with van der Waals surface area (Å²) in [4.78, 5) is 7.79. The third-order valence-corrected chi connectivity index (χ3v) is 3.61. The molecular formula is C15H11ClF4N4O. The molecule has 0 spiro atoms. The Kier molecular flexibility index (Phi) is 4.76. The van der Waals surface area contributed by atoms with Crippen molar-refractivity contribution in [3.8, 4) is 5.88 Å². The quantitative estimate of drug-likeness (QED) is 0.486. The predicted molar refractivity (Wildman–Crippen MR) is 82.3 cm³/mol. The van der Waals surface area contributed by atoms with Crippen LogP contribution >= 0.6 is 11.6 Å². The minimum atomic E-state index is -4.22. The molecule has 3 heterocycles. The predicted octanol–water partition coefficient (Wildman–Crippen LogP) is 3.81. The van der Waals surface area contributed by atoms with Crippen molar-refractivity contribution in [2.45, 2.75) is 18.9 Å². The van der Waals surface area contributed by atoms with E-state index >= 15 is 0 Å². The van der Waals surface area contributed by atoms with Crippen LogP contribution in [-0.2, 0) is 6.54 Å².